The Morgan fingerprint density at radius 1 is 0.800 bits per heavy atom. The van der Waals surface area contributed by atoms with Crippen molar-refractivity contribution in [3.8, 4) is 0 Å². The highest BCUT2D eigenvalue weighted by molar-refractivity contribution is 5.95. The van der Waals surface area contributed by atoms with Gasteiger partial charge in [0.15, 0.2) is 0 Å². The number of ketones is 2. The van der Waals surface area contributed by atoms with Crippen molar-refractivity contribution in [1.82, 2.24) is 0 Å². The summed E-state index contributed by atoms with van der Waals surface area (Å²) in [5.74, 6) is -0.366. The molecule has 0 aromatic rings. The highest BCUT2D eigenvalue weighted by Crippen LogP contribution is 2.07. The molecule has 1 aliphatic heterocycles. The Morgan fingerprint density at radius 3 is 2.27 bits per heavy atom. The molecular weight excluding hydrogens is 196 g/mol. The van der Waals surface area contributed by atoms with Crippen LogP contribution in [0.4, 0.5) is 0 Å². The number of cyclic esters (lactones) is 1. The number of Topliss-reactive ketones (excluding diaryl/α,β-unsaturated/α-hetero) is 2. The van der Waals surface area contributed by atoms with Gasteiger partial charge >= 0.3 is 5.97 Å². The molecule has 1 aliphatic rings. The van der Waals surface area contributed by atoms with Crippen molar-refractivity contribution >= 4 is 17.5 Å². The molecule has 0 aromatic carbocycles. The molecule has 0 N–H and O–H groups in total. The number of carbonyl (C=O) groups excluding carboxylic acids is 3. The maximum atomic E-state index is 11.3. The molecule has 0 aliphatic carbocycles. The summed E-state index contributed by atoms with van der Waals surface area (Å²) in [7, 11) is 0. The Labute approximate surface area is 89.0 Å². The first-order chi connectivity index (χ1) is 7.18. The lowest BCUT2D eigenvalue weighted by atomic mass is 10.0. The van der Waals surface area contributed by atoms with E-state index < -0.39 is 5.97 Å². The maximum Gasteiger partial charge on any atom is 0.313 e. The molecule has 0 atom stereocenters. The van der Waals surface area contributed by atoms with E-state index >= 15 is 0 Å². The summed E-state index contributed by atoms with van der Waals surface area (Å²) in [6.07, 6.45) is 3.18. The van der Waals surface area contributed by atoms with Crippen molar-refractivity contribution in [2.45, 2.75) is 44.9 Å². The van der Waals surface area contributed by atoms with Crippen molar-refractivity contribution in [1.29, 1.82) is 0 Å². The largest absolute Gasteiger partial charge is 0.465 e. The van der Waals surface area contributed by atoms with Crippen LogP contribution in [-0.2, 0) is 19.1 Å². The number of rotatable bonds is 0. The number of hydrogen-bond donors (Lipinski definition) is 0. The second-order valence-electron chi connectivity index (χ2n) is 3.79. The summed E-state index contributed by atoms with van der Waals surface area (Å²) in [5.41, 5.74) is 0. The van der Waals surface area contributed by atoms with Gasteiger partial charge in [-0.1, -0.05) is 0 Å². The van der Waals surface area contributed by atoms with Gasteiger partial charge in [-0.3, -0.25) is 14.4 Å². The van der Waals surface area contributed by atoms with E-state index in [4.69, 9.17) is 4.74 Å². The molecule has 0 radical (unpaired) electrons. The first-order valence-electron chi connectivity index (χ1n) is 5.37. The van der Waals surface area contributed by atoms with Crippen molar-refractivity contribution < 1.29 is 19.1 Å². The van der Waals surface area contributed by atoms with E-state index in [2.05, 4.69) is 0 Å². The van der Waals surface area contributed by atoms with Gasteiger partial charge in [0.2, 0.25) is 0 Å². The summed E-state index contributed by atoms with van der Waals surface area (Å²) < 4.78 is 4.85. The molecule has 0 amide bonds. The van der Waals surface area contributed by atoms with Crippen LogP contribution in [0.5, 0.6) is 0 Å². The molecule has 1 fully saturated rings. The van der Waals surface area contributed by atoms with Crippen LogP contribution in [0.2, 0.25) is 0 Å². The quantitative estimate of drug-likeness (QED) is 0.450. The lowest BCUT2D eigenvalue weighted by molar-refractivity contribution is -0.146. The summed E-state index contributed by atoms with van der Waals surface area (Å²) in [5, 5.41) is 0. The van der Waals surface area contributed by atoms with Gasteiger partial charge in [0, 0.05) is 19.3 Å². The van der Waals surface area contributed by atoms with Gasteiger partial charge in [0.25, 0.3) is 0 Å². The lowest BCUT2D eigenvalue weighted by Gasteiger charge is -2.06. The van der Waals surface area contributed by atoms with Crippen molar-refractivity contribution in [2.75, 3.05) is 6.61 Å². The second-order valence-corrected chi connectivity index (χ2v) is 3.79. The van der Waals surface area contributed by atoms with Crippen molar-refractivity contribution in [3.63, 3.8) is 0 Å². The Hall–Kier alpha value is -1.19. The number of carbonyl (C=O) groups is 3. The van der Waals surface area contributed by atoms with E-state index in [1.54, 1.807) is 0 Å². The van der Waals surface area contributed by atoms with E-state index in [1.165, 1.54) is 0 Å². The number of esters is 1. The first kappa shape index (κ1) is 11.9. The fourth-order valence-electron chi connectivity index (χ4n) is 1.52. The molecule has 4 heteroatoms. The van der Waals surface area contributed by atoms with Gasteiger partial charge in [-0.2, -0.15) is 0 Å². The van der Waals surface area contributed by atoms with Crippen molar-refractivity contribution in [3.05, 3.63) is 0 Å². The lowest BCUT2D eigenvalue weighted by Crippen LogP contribution is -2.13. The maximum absolute atomic E-state index is 11.3. The second kappa shape index (κ2) is 6.32. The molecule has 1 heterocycles. The molecule has 4 nitrogen and oxygen atoms in total. The Bertz CT molecular complexity index is 257. The predicted molar refractivity (Wildman–Crippen MR) is 53.3 cm³/mol. The molecular formula is C11H16O4. The Kier molecular flexibility index (Phi) is 5.01. The minimum absolute atomic E-state index is 0.131. The monoisotopic (exact) mass is 212 g/mol. The minimum Gasteiger partial charge on any atom is -0.465 e. The third-order valence-electron chi connectivity index (χ3n) is 2.37. The highest BCUT2D eigenvalue weighted by Gasteiger charge is 2.12. The third kappa shape index (κ3) is 5.30. The molecule has 0 spiro atoms. The van der Waals surface area contributed by atoms with Crippen LogP contribution in [0.1, 0.15) is 44.9 Å². The summed E-state index contributed by atoms with van der Waals surface area (Å²) >= 11 is 0. The van der Waals surface area contributed by atoms with Gasteiger partial charge in [-0.25, -0.2) is 0 Å². The van der Waals surface area contributed by atoms with Crippen LogP contribution < -0.4 is 0 Å². The molecule has 0 unspecified atom stereocenters. The molecule has 15 heavy (non-hydrogen) atoms. The third-order valence-corrected chi connectivity index (χ3v) is 2.37. The number of hydrogen-bond acceptors (Lipinski definition) is 4. The minimum atomic E-state index is -0.438. The van der Waals surface area contributed by atoms with Gasteiger partial charge in [0.1, 0.15) is 18.0 Å². The topological polar surface area (TPSA) is 60.4 Å². The zero-order valence-electron chi connectivity index (χ0n) is 8.79. The highest BCUT2D eigenvalue weighted by atomic mass is 16.5. The Morgan fingerprint density at radius 2 is 1.47 bits per heavy atom. The standard InChI is InChI=1S/C11H16O4/c12-9-4-1-2-7-15-11(14)8-10(13)6-3-5-9/h1-8H2. The normalized spacial score (nSPS) is 21.5. The van der Waals surface area contributed by atoms with E-state index in [-0.39, 0.29) is 18.0 Å². The van der Waals surface area contributed by atoms with Crippen LogP contribution in [0.25, 0.3) is 0 Å². The average molecular weight is 212 g/mol. The smallest absolute Gasteiger partial charge is 0.313 e. The van der Waals surface area contributed by atoms with Crippen LogP contribution in [-0.4, -0.2) is 24.1 Å². The van der Waals surface area contributed by atoms with E-state index in [0.717, 1.165) is 6.42 Å². The van der Waals surface area contributed by atoms with Gasteiger partial charge in [-0.05, 0) is 19.3 Å². The molecule has 0 saturated carbocycles. The molecule has 1 rings (SSSR count). The molecule has 84 valence electrons. The SMILES string of the molecule is O=C1CCCCOC(=O)CC(=O)CCC1. The van der Waals surface area contributed by atoms with Gasteiger partial charge in [0.05, 0.1) is 6.61 Å². The summed E-state index contributed by atoms with van der Waals surface area (Å²) in [6.45, 7) is 0.319. The zero-order valence-corrected chi connectivity index (χ0v) is 8.79. The average Bonchev–Trinajstić information content (AvgIpc) is 2.15. The first-order valence-corrected chi connectivity index (χ1v) is 5.37. The molecule has 0 aromatic heterocycles. The van der Waals surface area contributed by atoms with Gasteiger partial charge in [-0.15, -0.1) is 0 Å². The number of ether oxygens (including phenoxy) is 1. The van der Waals surface area contributed by atoms with E-state index in [1.807, 2.05) is 0 Å². The van der Waals surface area contributed by atoms with E-state index in [9.17, 15) is 14.4 Å². The van der Waals surface area contributed by atoms with Crippen LogP contribution in [0.15, 0.2) is 0 Å². The summed E-state index contributed by atoms with van der Waals surface area (Å²) in [6, 6.07) is 0. The summed E-state index contributed by atoms with van der Waals surface area (Å²) in [4.78, 5) is 33.5. The zero-order chi connectivity index (χ0) is 11.1. The van der Waals surface area contributed by atoms with Crippen LogP contribution in [0.3, 0.4) is 0 Å². The fourth-order valence-corrected chi connectivity index (χ4v) is 1.52. The predicted octanol–water partition coefficient (Wildman–Crippen LogP) is 1.41. The van der Waals surface area contributed by atoms with Crippen LogP contribution >= 0.6 is 0 Å². The van der Waals surface area contributed by atoms with Crippen LogP contribution in [0, 0.1) is 0 Å². The Balaban J connectivity index is 2.40. The fraction of sp³-hybridized carbons (Fsp3) is 0.727. The van der Waals surface area contributed by atoms with Gasteiger partial charge < -0.3 is 4.74 Å². The molecule has 1 saturated heterocycles. The van der Waals surface area contributed by atoms with Crippen molar-refractivity contribution in [2.24, 2.45) is 0 Å². The van der Waals surface area contributed by atoms with E-state index in [0.29, 0.717) is 38.7 Å². The molecule has 0 bridgehead atoms.